The molecule has 0 aliphatic carbocycles. The van der Waals surface area contributed by atoms with Crippen LogP contribution >= 0.6 is 0 Å². The largest absolute Gasteiger partial charge is 0.495 e. The molecule has 1 amide bonds. The van der Waals surface area contributed by atoms with Gasteiger partial charge in [0.1, 0.15) is 5.75 Å². The summed E-state index contributed by atoms with van der Waals surface area (Å²) in [5.41, 5.74) is 1.26. The highest BCUT2D eigenvalue weighted by atomic mass is 32.2. The van der Waals surface area contributed by atoms with Gasteiger partial charge in [-0.2, -0.15) is 8.61 Å². The Balaban J connectivity index is 1.44. The van der Waals surface area contributed by atoms with E-state index in [-0.39, 0.29) is 34.5 Å². The molecule has 9 nitrogen and oxygen atoms in total. The monoisotopic (exact) mass is 521 g/mol. The number of sulfonamides is 2. The lowest BCUT2D eigenvalue weighted by Crippen LogP contribution is -2.41. The number of piperidine rings is 1. The Hall–Kier alpha value is -2.47. The van der Waals surface area contributed by atoms with Crippen molar-refractivity contribution in [2.45, 2.75) is 42.4 Å². The number of aryl methyl sites for hydroxylation is 1. The van der Waals surface area contributed by atoms with Gasteiger partial charge in [-0.1, -0.05) is 17.7 Å². The zero-order valence-electron chi connectivity index (χ0n) is 19.9. The van der Waals surface area contributed by atoms with Crippen LogP contribution in [0, 0.1) is 12.8 Å². The van der Waals surface area contributed by atoms with Gasteiger partial charge >= 0.3 is 0 Å². The van der Waals surface area contributed by atoms with Gasteiger partial charge in [0, 0.05) is 32.1 Å². The second-order valence-corrected chi connectivity index (χ2v) is 12.8. The number of nitrogens with one attached hydrogen (secondary N) is 1. The molecule has 35 heavy (non-hydrogen) atoms. The molecule has 190 valence electrons. The molecule has 2 aliphatic rings. The Labute approximate surface area is 207 Å². The number of hydrogen-bond donors (Lipinski definition) is 1. The van der Waals surface area contributed by atoms with Gasteiger partial charge in [0.2, 0.25) is 26.0 Å². The van der Waals surface area contributed by atoms with E-state index in [0.717, 1.165) is 18.4 Å². The number of anilines is 1. The molecule has 0 aromatic heterocycles. The number of benzene rings is 2. The standard InChI is InChI=1S/C24H31N3O6S2/c1-18-5-7-20(8-6-18)34(29,30)27-15-11-19(12-16-27)24(28)25-22-17-21(9-10-23(22)33-2)35(31,32)26-13-3-4-14-26/h5-10,17,19H,3-4,11-16H2,1-2H3,(H,25,28). The van der Waals surface area contributed by atoms with E-state index in [1.54, 1.807) is 24.3 Å². The zero-order chi connectivity index (χ0) is 25.2. The molecule has 0 saturated carbocycles. The molecule has 4 rings (SSSR count). The van der Waals surface area contributed by atoms with Crippen molar-refractivity contribution in [3.05, 3.63) is 48.0 Å². The molecule has 2 fully saturated rings. The van der Waals surface area contributed by atoms with Crippen LogP contribution in [0.25, 0.3) is 0 Å². The smallest absolute Gasteiger partial charge is 0.243 e. The normalized spacial score (nSPS) is 18.5. The van der Waals surface area contributed by atoms with Crippen molar-refractivity contribution in [1.82, 2.24) is 8.61 Å². The van der Waals surface area contributed by atoms with Crippen molar-refractivity contribution in [1.29, 1.82) is 0 Å². The van der Waals surface area contributed by atoms with E-state index in [1.807, 2.05) is 6.92 Å². The Morgan fingerprint density at radius 2 is 1.40 bits per heavy atom. The van der Waals surface area contributed by atoms with E-state index < -0.39 is 26.0 Å². The van der Waals surface area contributed by atoms with Gasteiger partial charge in [0.05, 0.1) is 22.6 Å². The molecule has 1 N–H and O–H groups in total. The van der Waals surface area contributed by atoms with Crippen LogP contribution in [0.5, 0.6) is 5.75 Å². The van der Waals surface area contributed by atoms with E-state index in [4.69, 9.17) is 4.74 Å². The Morgan fingerprint density at radius 3 is 2.00 bits per heavy atom. The van der Waals surface area contributed by atoms with Gasteiger partial charge < -0.3 is 10.1 Å². The first-order valence-corrected chi connectivity index (χ1v) is 14.6. The number of carbonyl (C=O) groups excluding carboxylic acids is 1. The predicted molar refractivity (Wildman–Crippen MR) is 132 cm³/mol. The number of hydrogen-bond acceptors (Lipinski definition) is 6. The minimum Gasteiger partial charge on any atom is -0.495 e. The Bertz CT molecular complexity index is 1280. The van der Waals surface area contributed by atoms with Crippen molar-refractivity contribution in [2.75, 3.05) is 38.6 Å². The third kappa shape index (κ3) is 5.37. The number of amides is 1. The van der Waals surface area contributed by atoms with Gasteiger partial charge in [-0.15, -0.1) is 0 Å². The highest BCUT2D eigenvalue weighted by Crippen LogP contribution is 2.32. The van der Waals surface area contributed by atoms with E-state index >= 15 is 0 Å². The van der Waals surface area contributed by atoms with Crippen LogP contribution in [0.4, 0.5) is 5.69 Å². The molecule has 0 atom stereocenters. The quantitative estimate of drug-likeness (QED) is 0.600. The van der Waals surface area contributed by atoms with Gasteiger partial charge in [0.15, 0.2) is 0 Å². The zero-order valence-corrected chi connectivity index (χ0v) is 21.6. The number of carbonyl (C=O) groups is 1. The second-order valence-electron chi connectivity index (χ2n) is 8.95. The van der Waals surface area contributed by atoms with E-state index in [1.165, 1.54) is 33.9 Å². The maximum atomic E-state index is 13.0. The van der Waals surface area contributed by atoms with Crippen LogP contribution < -0.4 is 10.1 Å². The van der Waals surface area contributed by atoms with Crippen molar-refractivity contribution >= 4 is 31.6 Å². The summed E-state index contributed by atoms with van der Waals surface area (Å²) in [6.07, 6.45) is 2.39. The van der Waals surface area contributed by atoms with Gasteiger partial charge in [0.25, 0.3) is 0 Å². The lowest BCUT2D eigenvalue weighted by molar-refractivity contribution is -0.120. The molecule has 0 unspecified atom stereocenters. The average molecular weight is 522 g/mol. The molecule has 0 bridgehead atoms. The third-order valence-corrected chi connectivity index (χ3v) is 10.4. The molecular weight excluding hydrogens is 490 g/mol. The van der Waals surface area contributed by atoms with Crippen LogP contribution in [0.1, 0.15) is 31.2 Å². The highest BCUT2D eigenvalue weighted by molar-refractivity contribution is 7.89. The van der Waals surface area contributed by atoms with Crippen LogP contribution in [0.15, 0.2) is 52.3 Å². The fourth-order valence-electron chi connectivity index (χ4n) is 4.48. The van der Waals surface area contributed by atoms with E-state index in [9.17, 15) is 21.6 Å². The summed E-state index contributed by atoms with van der Waals surface area (Å²) in [6, 6.07) is 11.2. The van der Waals surface area contributed by atoms with E-state index in [0.29, 0.717) is 31.7 Å². The molecule has 2 heterocycles. The lowest BCUT2D eigenvalue weighted by atomic mass is 9.97. The molecular formula is C24H31N3O6S2. The topological polar surface area (TPSA) is 113 Å². The first-order valence-electron chi connectivity index (χ1n) is 11.7. The lowest BCUT2D eigenvalue weighted by Gasteiger charge is -2.30. The summed E-state index contributed by atoms with van der Waals surface area (Å²) in [5, 5.41) is 2.81. The molecule has 2 aliphatic heterocycles. The number of methoxy groups -OCH3 is 1. The number of rotatable bonds is 7. The molecule has 0 radical (unpaired) electrons. The van der Waals surface area contributed by atoms with Crippen LogP contribution in [-0.4, -0.2) is 64.6 Å². The maximum absolute atomic E-state index is 13.0. The number of ether oxygens (including phenoxy) is 1. The van der Waals surface area contributed by atoms with E-state index in [2.05, 4.69) is 5.32 Å². The van der Waals surface area contributed by atoms with Crippen molar-refractivity contribution in [3.63, 3.8) is 0 Å². The van der Waals surface area contributed by atoms with Crippen molar-refractivity contribution in [3.8, 4) is 5.75 Å². The van der Waals surface area contributed by atoms with Crippen LogP contribution in [-0.2, 0) is 24.8 Å². The average Bonchev–Trinajstić information content (AvgIpc) is 3.40. The molecule has 2 aromatic carbocycles. The SMILES string of the molecule is COc1ccc(S(=O)(=O)N2CCCC2)cc1NC(=O)C1CCN(S(=O)(=O)c2ccc(C)cc2)CC1. The fourth-order valence-corrected chi connectivity index (χ4v) is 7.49. The molecule has 2 saturated heterocycles. The first-order chi connectivity index (χ1) is 16.6. The minimum absolute atomic E-state index is 0.106. The summed E-state index contributed by atoms with van der Waals surface area (Å²) in [7, 11) is -5.81. The number of nitrogens with zero attached hydrogens (tertiary/aromatic N) is 2. The maximum Gasteiger partial charge on any atom is 0.243 e. The van der Waals surface area contributed by atoms with Gasteiger partial charge in [-0.3, -0.25) is 4.79 Å². The van der Waals surface area contributed by atoms with Crippen molar-refractivity contribution < 1.29 is 26.4 Å². The summed E-state index contributed by atoms with van der Waals surface area (Å²) in [6.45, 7) is 3.33. The molecule has 11 heteroatoms. The summed E-state index contributed by atoms with van der Waals surface area (Å²) >= 11 is 0. The molecule has 0 spiro atoms. The Kier molecular flexibility index (Phi) is 7.51. The molecule has 2 aromatic rings. The Morgan fingerprint density at radius 1 is 0.857 bits per heavy atom. The minimum atomic E-state index is -3.65. The van der Waals surface area contributed by atoms with Crippen LogP contribution in [0.3, 0.4) is 0 Å². The second kappa shape index (κ2) is 10.3. The first kappa shape index (κ1) is 25.6. The predicted octanol–water partition coefficient (Wildman–Crippen LogP) is 2.83. The fraction of sp³-hybridized carbons (Fsp3) is 0.458. The highest BCUT2D eigenvalue weighted by Gasteiger charge is 2.33. The van der Waals surface area contributed by atoms with Crippen LogP contribution in [0.2, 0.25) is 0 Å². The van der Waals surface area contributed by atoms with Gasteiger partial charge in [-0.25, -0.2) is 16.8 Å². The summed E-state index contributed by atoms with van der Waals surface area (Å²) in [5.74, 6) is -0.326. The van der Waals surface area contributed by atoms with Crippen molar-refractivity contribution in [2.24, 2.45) is 5.92 Å². The third-order valence-electron chi connectivity index (χ3n) is 6.62. The summed E-state index contributed by atoms with van der Waals surface area (Å²) in [4.78, 5) is 13.4. The summed E-state index contributed by atoms with van der Waals surface area (Å²) < 4.78 is 60.0. The van der Waals surface area contributed by atoms with Gasteiger partial charge in [-0.05, 0) is 62.9 Å².